The minimum absolute atomic E-state index is 0.236. The van der Waals surface area contributed by atoms with Crippen molar-refractivity contribution in [2.45, 2.75) is 17.9 Å². The highest BCUT2D eigenvalue weighted by Crippen LogP contribution is 2.31. The number of nitrogens with zero attached hydrogens (tertiary/aromatic N) is 2. The third-order valence-electron chi connectivity index (χ3n) is 4.65. The van der Waals surface area contributed by atoms with Gasteiger partial charge in [0.15, 0.2) is 5.13 Å². The maximum atomic E-state index is 12.9. The van der Waals surface area contributed by atoms with E-state index in [9.17, 15) is 13.2 Å². The fourth-order valence-corrected chi connectivity index (χ4v) is 5.70. The molecule has 0 radical (unpaired) electrons. The normalized spacial score (nSPS) is 14.0. The number of thiazole rings is 1. The monoisotopic (exact) mass is 444 g/mol. The fraction of sp³-hybridized carbons (Fsp3) is 0.200. The van der Waals surface area contributed by atoms with Gasteiger partial charge in [-0.25, -0.2) is 18.2 Å². The zero-order valence-corrected chi connectivity index (χ0v) is 17.8. The molecule has 0 fully saturated rings. The predicted molar refractivity (Wildman–Crippen MR) is 115 cm³/mol. The number of rotatable bonds is 5. The molecule has 0 aliphatic carbocycles. The summed E-state index contributed by atoms with van der Waals surface area (Å²) in [6.07, 6.45) is 0.494. The van der Waals surface area contributed by atoms with Crippen LogP contribution in [0.15, 0.2) is 59.5 Å². The molecule has 10 heteroatoms. The molecule has 0 atom stereocenters. The number of carbonyl (C=O) groups excluding carboxylic acids is 1. The zero-order chi connectivity index (χ0) is 21.1. The van der Waals surface area contributed by atoms with Gasteiger partial charge in [0, 0.05) is 17.8 Å². The van der Waals surface area contributed by atoms with Gasteiger partial charge in [0.25, 0.3) is 0 Å². The number of hydrogen-bond donors (Lipinski definition) is 2. The lowest BCUT2D eigenvalue weighted by atomic mass is 10.2. The van der Waals surface area contributed by atoms with Crippen LogP contribution in [0.25, 0.3) is 0 Å². The first-order valence-electron chi connectivity index (χ1n) is 9.22. The molecule has 0 saturated carbocycles. The van der Waals surface area contributed by atoms with Crippen LogP contribution in [0.3, 0.4) is 0 Å². The van der Waals surface area contributed by atoms with Gasteiger partial charge in [-0.2, -0.15) is 4.31 Å². The molecular formula is C20H20N4O4S2. The van der Waals surface area contributed by atoms with Crippen molar-refractivity contribution in [3.05, 3.63) is 65.2 Å². The highest BCUT2D eigenvalue weighted by molar-refractivity contribution is 7.89. The molecule has 1 aliphatic rings. The van der Waals surface area contributed by atoms with E-state index in [-0.39, 0.29) is 11.4 Å². The third-order valence-corrected chi connectivity index (χ3v) is 7.51. The van der Waals surface area contributed by atoms with Crippen molar-refractivity contribution in [1.29, 1.82) is 0 Å². The first-order chi connectivity index (χ1) is 14.5. The number of amides is 2. The molecule has 0 spiro atoms. The van der Waals surface area contributed by atoms with Crippen molar-refractivity contribution in [3.8, 4) is 5.75 Å². The molecule has 156 valence electrons. The molecule has 8 nitrogen and oxygen atoms in total. The van der Waals surface area contributed by atoms with Crippen LogP contribution in [0.2, 0.25) is 0 Å². The predicted octanol–water partition coefficient (Wildman–Crippen LogP) is 3.54. The minimum atomic E-state index is -3.57. The fourth-order valence-electron chi connectivity index (χ4n) is 3.17. The second-order valence-electron chi connectivity index (χ2n) is 6.57. The number of para-hydroxylation sites is 2. The summed E-state index contributed by atoms with van der Waals surface area (Å²) in [4.78, 5) is 17.9. The summed E-state index contributed by atoms with van der Waals surface area (Å²) in [6, 6.07) is 15.0. The van der Waals surface area contributed by atoms with Gasteiger partial charge in [0.05, 0.1) is 29.9 Å². The van der Waals surface area contributed by atoms with Gasteiger partial charge in [-0.3, -0.25) is 5.32 Å². The molecular weight excluding hydrogens is 424 g/mol. The molecule has 2 heterocycles. The number of hydrogen-bond acceptors (Lipinski definition) is 6. The number of ether oxygens (including phenoxy) is 1. The standard InChI is InChI=1S/C20H20N4O4S2/c1-28-17-10-6-5-9-15(17)21-19(25)23-20-22-16-11-12-24(13-18(16)29-20)30(26,27)14-7-3-2-4-8-14/h2-10H,11-13H2,1H3,(H2,21,22,23,25). The van der Waals surface area contributed by atoms with Crippen molar-refractivity contribution < 1.29 is 17.9 Å². The molecule has 2 N–H and O–H groups in total. The first kappa shape index (κ1) is 20.3. The van der Waals surface area contributed by atoms with Crippen molar-refractivity contribution in [2.24, 2.45) is 0 Å². The largest absolute Gasteiger partial charge is 0.495 e. The Morgan fingerprint density at radius 2 is 1.83 bits per heavy atom. The molecule has 2 amide bonds. The van der Waals surface area contributed by atoms with E-state index in [1.165, 1.54) is 22.8 Å². The van der Waals surface area contributed by atoms with Crippen molar-refractivity contribution in [1.82, 2.24) is 9.29 Å². The Hall–Kier alpha value is -2.95. The highest BCUT2D eigenvalue weighted by Gasteiger charge is 2.30. The van der Waals surface area contributed by atoms with Crippen LogP contribution in [-0.2, 0) is 23.0 Å². The minimum Gasteiger partial charge on any atom is -0.495 e. The molecule has 1 aliphatic heterocycles. The highest BCUT2D eigenvalue weighted by atomic mass is 32.2. The summed E-state index contributed by atoms with van der Waals surface area (Å²) in [5.41, 5.74) is 1.35. The molecule has 0 saturated heterocycles. The number of methoxy groups -OCH3 is 1. The Balaban J connectivity index is 1.46. The number of fused-ring (bicyclic) bond motifs is 1. The maximum absolute atomic E-state index is 12.9. The van der Waals surface area contributed by atoms with Gasteiger partial charge in [-0.1, -0.05) is 41.7 Å². The number of urea groups is 1. The van der Waals surface area contributed by atoms with Crippen molar-refractivity contribution in [2.75, 3.05) is 24.3 Å². The Kier molecular flexibility index (Phi) is 5.71. The van der Waals surface area contributed by atoms with Crippen LogP contribution in [0.4, 0.5) is 15.6 Å². The van der Waals surface area contributed by atoms with Gasteiger partial charge in [0.1, 0.15) is 5.75 Å². The Morgan fingerprint density at radius 1 is 1.10 bits per heavy atom. The number of aromatic nitrogens is 1. The van der Waals surface area contributed by atoms with Gasteiger partial charge in [-0.15, -0.1) is 0 Å². The summed E-state index contributed by atoms with van der Waals surface area (Å²) >= 11 is 1.28. The van der Waals surface area contributed by atoms with Gasteiger partial charge < -0.3 is 10.1 Å². The quantitative estimate of drug-likeness (QED) is 0.627. The van der Waals surface area contributed by atoms with Crippen LogP contribution >= 0.6 is 11.3 Å². The lowest BCUT2D eigenvalue weighted by molar-refractivity contribution is 0.262. The molecule has 3 aromatic rings. The molecule has 0 bridgehead atoms. The summed E-state index contributed by atoms with van der Waals surface area (Å²) in [6.45, 7) is 0.584. The second-order valence-corrected chi connectivity index (χ2v) is 9.59. The van der Waals surface area contributed by atoms with E-state index >= 15 is 0 Å². The number of sulfonamides is 1. The summed E-state index contributed by atoms with van der Waals surface area (Å²) in [5.74, 6) is 0.549. The van der Waals surface area contributed by atoms with E-state index < -0.39 is 16.1 Å². The van der Waals surface area contributed by atoms with E-state index in [1.807, 2.05) is 6.07 Å². The van der Waals surface area contributed by atoms with E-state index in [1.54, 1.807) is 48.5 Å². The SMILES string of the molecule is COc1ccccc1NC(=O)Nc1nc2c(s1)CN(S(=O)(=O)c1ccccc1)CC2. The molecule has 4 rings (SSSR count). The molecule has 2 aromatic carbocycles. The van der Waals surface area contributed by atoms with Crippen LogP contribution in [0.1, 0.15) is 10.6 Å². The van der Waals surface area contributed by atoms with E-state index in [0.717, 1.165) is 10.6 Å². The molecule has 1 aromatic heterocycles. The summed E-state index contributed by atoms with van der Waals surface area (Å²) in [7, 11) is -2.04. The summed E-state index contributed by atoms with van der Waals surface area (Å²) < 4.78 is 32.4. The van der Waals surface area contributed by atoms with Crippen molar-refractivity contribution in [3.63, 3.8) is 0 Å². The zero-order valence-electron chi connectivity index (χ0n) is 16.2. The van der Waals surface area contributed by atoms with Crippen LogP contribution in [0.5, 0.6) is 5.75 Å². The Bertz CT molecular complexity index is 1160. The Labute approximate surface area is 178 Å². The average molecular weight is 445 g/mol. The first-order valence-corrected chi connectivity index (χ1v) is 11.5. The third kappa shape index (κ3) is 4.16. The number of benzene rings is 2. The number of carbonyl (C=O) groups is 1. The van der Waals surface area contributed by atoms with Gasteiger partial charge in [0.2, 0.25) is 10.0 Å². The Morgan fingerprint density at radius 3 is 2.60 bits per heavy atom. The van der Waals surface area contributed by atoms with Crippen LogP contribution in [-0.4, -0.2) is 37.4 Å². The van der Waals surface area contributed by atoms with E-state index in [4.69, 9.17) is 4.74 Å². The number of anilines is 2. The maximum Gasteiger partial charge on any atom is 0.325 e. The van der Waals surface area contributed by atoms with Gasteiger partial charge in [-0.05, 0) is 24.3 Å². The number of nitrogens with one attached hydrogen (secondary N) is 2. The average Bonchev–Trinajstić information content (AvgIpc) is 3.16. The van der Waals surface area contributed by atoms with Gasteiger partial charge >= 0.3 is 6.03 Å². The smallest absolute Gasteiger partial charge is 0.325 e. The van der Waals surface area contributed by atoms with Crippen molar-refractivity contribution >= 4 is 38.2 Å². The van der Waals surface area contributed by atoms with Crippen LogP contribution < -0.4 is 15.4 Å². The lowest BCUT2D eigenvalue weighted by Gasteiger charge is -2.25. The summed E-state index contributed by atoms with van der Waals surface area (Å²) in [5, 5.41) is 5.87. The second kappa shape index (κ2) is 8.42. The lowest BCUT2D eigenvalue weighted by Crippen LogP contribution is -2.35. The van der Waals surface area contributed by atoms with Crippen LogP contribution in [0, 0.1) is 0 Å². The molecule has 0 unspecified atom stereocenters. The topological polar surface area (TPSA) is 101 Å². The van der Waals surface area contributed by atoms with E-state index in [2.05, 4.69) is 15.6 Å². The molecule has 30 heavy (non-hydrogen) atoms. The van der Waals surface area contributed by atoms with E-state index in [0.29, 0.717) is 29.5 Å².